The zero-order valence-electron chi connectivity index (χ0n) is 9.51. The molecule has 0 unspecified atom stereocenters. The van der Waals surface area contributed by atoms with Crippen molar-refractivity contribution >= 4 is 11.3 Å². The molecule has 18 heavy (non-hydrogen) atoms. The van der Waals surface area contributed by atoms with Crippen LogP contribution in [0.1, 0.15) is 0 Å². The summed E-state index contributed by atoms with van der Waals surface area (Å²) in [6.45, 7) is 0. The maximum atomic E-state index is 12.9. The van der Waals surface area contributed by atoms with E-state index < -0.39 is 0 Å². The molecule has 0 saturated carbocycles. The topological polar surface area (TPSA) is 12.9 Å². The number of thiazole rings is 1. The number of nitrogens with zero attached hydrogens (tertiary/aromatic N) is 1. The Labute approximate surface area is 109 Å². The van der Waals surface area contributed by atoms with E-state index in [0.29, 0.717) is 0 Å². The zero-order valence-corrected chi connectivity index (χ0v) is 10.3. The van der Waals surface area contributed by atoms with Crippen LogP contribution in [0.3, 0.4) is 0 Å². The van der Waals surface area contributed by atoms with E-state index in [2.05, 4.69) is 17.1 Å². The third-order valence-corrected chi connectivity index (χ3v) is 3.60. The summed E-state index contributed by atoms with van der Waals surface area (Å²) >= 11 is 1.60. The molecule has 2 aromatic carbocycles. The highest BCUT2D eigenvalue weighted by molar-refractivity contribution is 7.13. The molecule has 0 N–H and O–H groups in total. The summed E-state index contributed by atoms with van der Waals surface area (Å²) in [7, 11) is 0. The molecule has 0 radical (unpaired) electrons. The summed E-state index contributed by atoms with van der Waals surface area (Å²) < 4.78 is 12.9. The minimum Gasteiger partial charge on any atom is -0.244 e. The van der Waals surface area contributed by atoms with E-state index in [-0.39, 0.29) is 5.82 Å². The molecule has 0 aliphatic carbocycles. The molecule has 3 heteroatoms. The second kappa shape index (κ2) is 4.70. The SMILES string of the molecule is Fc1ccc(-c2ncsc2-c2ccccc2)cc1. The average molecular weight is 255 g/mol. The minimum atomic E-state index is -0.227. The fourth-order valence-electron chi connectivity index (χ4n) is 1.85. The van der Waals surface area contributed by atoms with Crippen molar-refractivity contribution in [2.45, 2.75) is 0 Å². The molecule has 0 saturated heterocycles. The van der Waals surface area contributed by atoms with Crippen LogP contribution >= 0.6 is 11.3 Å². The summed E-state index contributed by atoms with van der Waals surface area (Å²) in [6, 6.07) is 16.6. The molecule has 0 fully saturated rings. The predicted molar refractivity (Wildman–Crippen MR) is 72.9 cm³/mol. The van der Waals surface area contributed by atoms with Gasteiger partial charge in [0, 0.05) is 5.56 Å². The van der Waals surface area contributed by atoms with E-state index in [1.165, 1.54) is 12.1 Å². The average Bonchev–Trinajstić information content (AvgIpc) is 2.90. The van der Waals surface area contributed by atoms with Gasteiger partial charge in [0.1, 0.15) is 5.82 Å². The molecular formula is C15H10FNS. The zero-order chi connectivity index (χ0) is 12.4. The van der Waals surface area contributed by atoms with E-state index in [4.69, 9.17) is 0 Å². The molecule has 0 spiro atoms. The molecule has 0 bridgehead atoms. The quantitative estimate of drug-likeness (QED) is 0.651. The van der Waals surface area contributed by atoms with Crippen molar-refractivity contribution in [2.75, 3.05) is 0 Å². The maximum absolute atomic E-state index is 12.9. The van der Waals surface area contributed by atoms with Gasteiger partial charge in [0.15, 0.2) is 0 Å². The lowest BCUT2D eigenvalue weighted by Crippen LogP contribution is -1.82. The van der Waals surface area contributed by atoms with Crippen molar-refractivity contribution < 1.29 is 4.39 Å². The highest BCUT2D eigenvalue weighted by Gasteiger charge is 2.10. The van der Waals surface area contributed by atoms with Crippen molar-refractivity contribution in [3.05, 3.63) is 65.9 Å². The Kier molecular flexibility index (Phi) is 2.90. The summed E-state index contributed by atoms with van der Waals surface area (Å²) in [6.07, 6.45) is 0. The first-order valence-electron chi connectivity index (χ1n) is 5.59. The number of aromatic nitrogens is 1. The number of benzene rings is 2. The van der Waals surface area contributed by atoms with Crippen molar-refractivity contribution in [3.8, 4) is 21.7 Å². The van der Waals surface area contributed by atoms with Crippen LogP contribution in [-0.4, -0.2) is 4.98 Å². The van der Waals surface area contributed by atoms with E-state index in [9.17, 15) is 4.39 Å². The van der Waals surface area contributed by atoms with Gasteiger partial charge in [0.05, 0.1) is 16.1 Å². The molecular weight excluding hydrogens is 245 g/mol. The molecule has 0 aliphatic rings. The van der Waals surface area contributed by atoms with E-state index in [1.807, 2.05) is 23.7 Å². The lowest BCUT2D eigenvalue weighted by molar-refractivity contribution is 0.628. The number of halogens is 1. The van der Waals surface area contributed by atoms with Crippen LogP contribution in [0.5, 0.6) is 0 Å². The van der Waals surface area contributed by atoms with Gasteiger partial charge < -0.3 is 0 Å². The first kappa shape index (κ1) is 11.1. The van der Waals surface area contributed by atoms with Gasteiger partial charge in [-0.25, -0.2) is 9.37 Å². The molecule has 88 valence electrons. The smallest absolute Gasteiger partial charge is 0.123 e. The first-order valence-corrected chi connectivity index (χ1v) is 6.47. The number of hydrogen-bond donors (Lipinski definition) is 0. The van der Waals surface area contributed by atoms with Crippen LogP contribution in [-0.2, 0) is 0 Å². The van der Waals surface area contributed by atoms with Crippen molar-refractivity contribution in [3.63, 3.8) is 0 Å². The van der Waals surface area contributed by atoms with Crippen LogP contribution in [0.25, 0.3) is 21.7 Å². The largest absolute Gasteiger partial charge is 0.244 e. The van der Waals surface area contributed by atoms with E-state index in [1.54, 1.807) is 23.5 Å². The Morgan fingerprint density at radius 2 is 1.56 bits per heavy atom. The van der Waals surface area contributed by atoms with Gasteiger partial charge in [-0.1, -0.05) is 30.3 Å². The van der Waals surface area contributed by atoms with Gasteiger partial charge in [0.2, 0.25) is 0 Å². The molecule has 3 rings (SSSR count). The van der Waals surface area contributed by atoms with Crippen LogP contribution in [0, 0.1) is 5.82 Å². The van der Waals surface area contributed by atoms with Crippen LogP contribution in [0.15, 0.2) is 60.1 Å². The monoisotopic (exact) mass is 255 g/mol. The lowest BCUT2D eigenvalue weighted by Gasteiger charge is -2.02. The summed E-state index contributed by atoms with van der Waals surface area (Å²) in [5.74, 6) is -0.227. The fraction of sp³-hybridized carbons (Fsp3) is 0. The summed E-state index contributed by atoms with van der Waals surface area (Å²) in [5, 5.41) is 0. The van der Waals surface area contributed by atoms with Gasteiger partial charge in [-0.3, -0.25) is 0 Å². The minimum absolute atomic E-state index is 0.227. The Hall–Kier alpha value is -2.00. The molecule has 1 heterocycles. The van der Waals surface area contributed by atoms with Crippen LogP contribution in [0.4, 0.5) is 4.39 Å². The summed E-state index contributed by atoms with van der Waals surface area (Å²) in [5.41, 5.74) is 4.81. The molecule has 0 amide bonds. The van der Waals surface area contributed by atoms with Gasteiger partial charge >= 0.3 is 0 Å². The Morgan fingerprint density at radius 3 is 2.28 bits per heavy atom. The predicted octanol–water partition coefficient (Wildman–Crippen LogP) is 4.62. The molecule has 1 aromatic heterocycles. The van der Waals surface area contributed by atoms with Gasteiger partial charge in [-0.05, 0) is 29.8 Å². The highest BCUT2D eigenvalue weighted by Crippen LogP contribution is 2.34. The van der Waals surface area contributed by atoms with E-state index in [0.717, 1.165) is 21.7 Å². The van der Waals surface area contributed by atoms with Gasteiger partial charge in [-0.2, -0.15) is 0 Å². The summed E-state index contributed by atoms with van der Waals surface area (Å²) in [4.78, 5) is 5.50. The van der Waals surface area contributed by atoms with Gasteiger partial charge in [-0.15, -0.1) is 11.3 Å². The second-order valence-electron chi connectivity index (χ2n) is 3.90. The first-order chi connectivity index (χ1) is 8.84. The fourth-order valence-corrected chi connectivity index (χ4v) is 2.67. The lowest BCUT2D eigenvalue weighted by atomic mass is 10.1. The van der Waals surface area contributed by atoms with Crippen LogP contribution < -0.4 is 0 Å². The Morgan fingerprint density at radius 1 is 0.833 bits per heavy atom. The molecule has 1 nitrogen and oxygen atoms in total. The van der Waals surface area contributed by atoms with Crippen molar-refractivity contribution in [1.82, 2.24) is 4.98 Å². The second-order valence-corrected chi connectivity index (χ2v) is 4.76. The van der Waals surface area contributed by atoms with Crippen molar-refractivity contribution in [2.24, 2.45) is 0 Å². The molecule has 0 aliphatic heterocycles. The Bertz CT molecular complexity index is 644. The molecule has 3 aromatic rings. The number of hydrogen-bond acceptors (Lipinski definition) is 2. The molecule has 0 atom stereocenters. The van der Waals surface area contributed by atoms with Crippen molar-refractivity contribution in [1.29, 1.82) is 0 Å². The third-order valence-electron chi connectivity index (χ3n) is 2.72. The number of rotatable bonds is 2. The third kappa shape index (κ3) is 2.05. The highest BCUT2D eigenvalue weighted by atomic mass is 32.1. The van der Waals surface area contributed by atoms with E-state index >= 15 is 0 Å². The van der Waals surface area contributed by atoms with Crippen LogP contribution in [0.2, 0.25) is 0 Å². The Balaban J connectivity index is 2.10. The standard InChI is InChI=1S/C15H10FNS/c16-13-8-6-11(7-9-13)14-15(18-10-17-14)12-4-2-1-3-5-12/h1-10H. The normalized spacial score (nSPS) is 10.5. The maximum Gasteiger partial charge on any atom is 0.123 e. The van der Waals surface area contributed by atoms with Gasteiger partial charge in [0.25, 0.3) is 0 Å².